The maximum Gasteiger partial charge on any atom is 0.251 e. The first-order chi connectivity index (χ1) is 15.7. The zero-order valence-corrected chi connectivity index (χ0v) is 17.6. The van der Waals surface area contributed by atoms with Crippen LogP contribution < -0.4 is 10.3 Å². The number of rotatable bonds is 7. The van der Waals surface area contributed by atoms with Crippen LogP contribution in [0, 0.1) is 0 Å². The van der Waals surface area contributed by atoms with Crippen molar-refractivity contribution in [3.05, 3.63) is 94.1 Å². The topological polar surface area (TPSA) is 104 Å². The predicted molar refractivity (Wildman–Crippen MR) is 119 cm³/mol. The standard InChI is InChI=1S/C22H18ClN7O2/c23-16-6-1-2-7-18(16)32-12-8-20-26-19(14-29-11-4-10-25-29)28-30(20)17-13-21(31)27-22-15(17)5-3-9-24-22/h1-7,9-11,13H,8,12,14H2,(H,24,27,31). The Labute approximate surface area is 187 Å². The van der Waals surface area contributed by atoms with E-state index in [-0.39, 0.29) is 5.56 Å². The molecule has 1 N–H and O–H groups in total. The SMILES string of the molecule is O=c1cc(-n2nc(Cn3cccn3)nc2CCOc2ccccc2Cl)c2cccnc2[nH]1. The largest absolute Gasteiger partial charge is 0.492 e. The summed E-state index contributed by atoms with van der Waals surface area (Å²) in [6.45, 7) is 0.737. The Morgan fingerprint density at radius 1 is 1.09 bits per heavy atom. The summed E-state index contributed by atoms with van der Waals surface area (Å²) in [4.78, 5) is 24.0. The summed E-state index contributed by atoms with van der Waals surface area (Å²) < 4.78 is 9.26. The van der Waals surface area contributed by atoms with E-state index in [2.05, 4.69) is 20.2 Å². The number of benzene rings is 1. The Kier molecular flexibility index (Phi) is 5.39. The zero-order valence-electron chi connectivity index (χ0n) is 16.8. The molecule has 0 aliphatic rings. The molecule has 9 nitrogen and oxygen atoms in total. The van der Waals surface area contributed by atoms with Gasteiger partial charge in [0.05, 0.1) is 17.3 Å². The molecular formula is C22H18ClN7O2. The van der Waals surface area contributed by atoms with E-state index >= 15 is 0 Å². The van der Waals surface area contributed by atoms with E-state index in [4.69, 9.17) is 21.3 Å². The van der Waals surface area contributed by atoms with Crippen molar-refractivity contribution in [2.75, 3.05) is 6.61 Å². The van der Waals surface area contributed by atoms with E-state index in [0.29, 0.717) is 53.3 Å². The first-order valence-electron chi connectivity index (χ1n) is 9.95. The van der Waals surface area contributed by atoms with Crippen molar-refractivity contribution < 1.29 is 4.74 Å². The second-order valence-electron chi connectivity index (χ2n) is 7.01. The molecule has 32 heavy (non-hydrogen) atoms. The smallest absolute Gasteiger partial charge is 0.251 e. The third-order valence-electron chi connectivity index (χ3n) is 4.82. The number of hydrogen-bond acceptors (Lipinski definition) is 6. The number of halogens is 1. The summed E-state index contributed by atoms with van der Waals surface area (Å²) in [6, 6.07) is 14.3. The summed E-state index contributed by atoms with van der Waals surface area (Å²) in [5.74, 6) is 1.82. The fraction of sp³-hybridized carbons (Fsp3) is 0.136. The highest BCUT2D eigenvalue weighted by Gasteiger charge is 2.16. The Morgan fingerprint density at radius 2 is 2.00 bits per heavy atom. The van der Waals surface area contributed by atoms with Crippen molar-refractivity contribution in [3.8, 4) is 11.4 Å². The quantitative estimate of drug-likeness (QED) is 0.411. The summed E-state index contributed by atoms with van der Waals surface area (Å²) in [5.41, 5.74) is 0.815. The van der Waals surface area contributed by atoms with Gasteiger partial charge < -0.3 is 9.72 Å². The highest BCUT2D eigenvalue weighted by Crippen LogP contribution is 2.23. The molecular weight excluding hydrogens is 430 g/mol. The van der Waals surface area contributed by atoms with Gasteiger partial charge in [0.2, 0.25) is 0 Å². The molecule has 0 unspecified atom stereocenters. The second kappa shape index (κ2) is 8.64. The van der Waals surface area contributed by atoms with E-state index in [0.717, 1.165) is 5.39 Å². The van der Waals surface area contributed by atoms with Crippen LogP contribution in [0.3, 0.4) is 0 Å². The number of ether oxygens (including phenoxy) is 1. The Balaban J connectivity index is 1.51. The fourth-order valence-electron chi connectivity index (χ4n) is 3.41. The van der Waals surface area contributed by atoms with Crippen LogP contribution in [-0.4, -0.2) is 41.1 Å². The van der Waals surface area contributed by atoms with E-state index in [1.165, 1.54) is 6.07 Å². The molecule has 10 heteroatoms. The van der Waals surface area contributed by atoms with E-state index < -0.39 is 0 Å². The molecule has 1 aromatic carbocycles. The number of H-pyrrole nitrogens is 1. The number of pyridine rings is 2. The van der Waals surface area contributed by atoms with Gasteiger partial charge in [0.25, 0.3) is 5.56 Å². The molecule has 0 fully saturated rings. The molecule has 5 aromatic rings. The summed E-state index contributed by atoms with van der Waals surface area (Å²) in [7, 11) is 0. The predicted octanol–water partition coefficient (Wildman–Crippen LogP) is 3.02. The Bertz CT molecular complexity index is 1430. The molecule has 5 rings (SSSR count). The van der Waals surface area contributed by atoms with Gasteiger partial charge in [0.15, 0.2) is 5.82 Å². The van der Waals surface area contributed by atoms with Gasteiger partial charge in [-0.25, -0.2) is 14.6 Å². The molecule has 0 amide bonds. The number of para-hydroxylation sites is 1. The first kappa shape index (κ1) is 20.0. The van der Waals surface area contributed by atoms with Crippen LogP contribution in [-0.2, 0) is 13.0 Å². The molecule has 0 bridgehead atoms. The third kappa shape index (κ3) is 4.10. The fourth-order valence-corrected chi connectivity index (χ4v) is 3.60. The average molecular weight is 448 g/mol. The number of nitrogens with one attached hydrogen (secondary N) is 1. The average Bonchev–Trinajstić information content (AvgIpc) is 3.45. The summed E-state index contributed by atoms with van der Waals surface area (Å²) in [6.07, 6.45) is 5.62. The maximum atomic E-state index is 12.3. The van der Waals surface area contributed by atoms with Crippen molar-refractivity contribution in [3.63, 3.8) is 0 Å². The van der Waals surface area contributed by atoms with Gasteiger partial charge in [-0.1, -0.05) is 23.7 Å². The van der Waals surface area contributed by atoms with Gasteiger partial charge >= 0.3 is 0 Å². The third-order valence-corrected chi connectivity index (χ3v) is 5.13. The lowest BCUT2D eigenvalue weighted by atomic mass is 10.2. The lowest BCUT2D eigenvalue weighted by Crippen LogP contribution is -2.13. The normalized spacial score (nSPS) is 11.2. The zero-order chi connectivity index (χ0) is 21.9. The number of fused-ring (bicyclic) bond motifs is 1. The number of nitrogens with zero attached hydrogens (tertiary/aromatic N) is 6. The molecule has 0 spiro atoms. The minimum atomic E-state index is -0.270. The molecule has 0 atom stereocenters. The van der Waals surface area contributed by atoms with Gasteiger partial charge in [-0.15, -0.1) is 5.10 Å². The van der Waals surface area contributed by atoms with Crippen molar-refractivity contribution in [1.82, 2.24) is 34.5 Å². The molecule has 0 radical (unpaired) electrons. The van der Waals surface area contributed by atoms with Crippen molar-refractivity contribution in [2.45, 2.75) is 13.0 Å². The maximum absolute atomic E-state index is 12.3. The van der Waals surface area contributed by atoms with Gasteiger partial charge in [0.1, 0.15) is 23.8 Å². The van der Waals surface area contributed by atoms with E-state index in [1.807, 2.05) is 42.6 Å². The molecule has 4 aromatic heterocycles. The summed E-state index contributed by atoms with van der Waals surface area (Å²) >= 11 is 6.19. The van der Waals surface area contributed by atoms with Gasteiger partial charge in [-0.05, 0) is 30.3 Å². The van der Waals surface area contributed by atoms with E-state index in [1.54, 1.807) is 27.8 Å². The second-order valence-corrected chi connectivity index (χ2v) is 7.41. The van der Waals surface area contributed by atoms with Crippen molar-refractivity contribution in [1.29, 1.82) is 0 Å². The monoisotopic (exact) mass is 447 g/mol. The molecule has 160 valence electrons. The lowest BCUT2D eigenvalue weighted by Gasteiger charge is -2.10. The highest BCUT2D eigenvalue weighted by atomic mass is 35.5. The van der Waals surface area contributed by atoms with Crippen LogP contribution in [0.15, 0.2) is 71.9 Å². The molecule has 0 saturated carbocycles. The number of aromatic amines is 1. The van der Waals surface area contributed by atoms with Crippen LogP contribution in [0.4, 0.5) is 0 Å². The highest BCUT2D eigenvalue weighted by molar-refractivity contribution is 6.32. The van der Waals surface area contributed by atoms with Crippen LogP contribution in [0.2, 0.25) is 5.02 Å². The number of hydrogen-bond donors (Lipinski definition) is 1. The van der Waals surface area contributed by atoms with Crippen molar-refractivity contribution in [2.24, 2.45) is 0 Å². The molecule has 0 saturated heterocycles. The lowest BCUT2D eigenvalue weighted by molar-refractivity contribution is 0.318. The van der Waals surface area contributed by atoms with E-state index in [9.17, 15) is 4.79 Å². The van der Waals surface area contributed by atoms with Crippen molar-refractivity contribution >= 4 is 22.6 Å². The van der Waals surface area contributed by atoms with Crippen LogP contribution >= 0.6 is 11.6 Å². The van der Waals surface area contributed by atoms with Gasteiger partial charge in [-0.2, -0.15) is 5.10 Å². The number of aromatic nitrogens is 7. The Hall–Kier alpha value is -3.98. The Morgan fingerprint density at radius 3 is 2.84 bits per heavy atom. The van der Waals surface area contributed by atoms with Crippen LogP contribution in [0.1, 0.15) is 11.6 Å². The first-order valence-corrected chi connectivity index (χ1v) is 10.3. The molecule has 0 aliphatic carbocycles. The molecule has 0 aliphatic heterocycles. The van der Waals surface area contributed by atoms with Gasteiger partial charge in [0, 0.05) is 36.5 Å². The summed E-state index contributed by atoms with van der Waals surface area (Å²) in [5, 5.41) is 10.2. The van der Waals surface area contributed by atoms with Crippen LogP contribution in [0.5, 0.6) is 5.75 Å². The minimum absolute atomic E-state index is 0.270. The minimum Gasteiger partial charge on any atom is -0.492 e. The van der Waals surface area contributed by atoms with Gasteiger partial charge in [-0.3, -0.25) is 9.48 Å². The molecule has 4 heterocycles. The van der Waals surface area contributed by atoms with Crippen LogP contribution in [0.25, 0.3) is 16.7 Å².